The number of hydrogen-bond donors (Lipinski definition) is 2. The molecule has 3 rings (SSSR count). The Hall–Kier alpha value is -2.19. The molecule has 0 radical (unpaired) electrons. The minimum absolute atomic E-state index is 0.0794. The maximum Gasteiger partial charge on any atom is 0.227 e. The van der Waals surface area contributed by atoms with Crippen molar-refractivity contribution in [2.75, 3.05) is 44.7 Å². The molecular formula is C20H31N5O3. The third-order valence-electron chi connectivity index (χ3n) is 4.86. The maximum atomic E-state index is 12.2. The lowest BCUT2D eigenvalue weighted by Crippen LogP contribution is -2.53. The summed E-state index contributed by atoms with van der Waals surface area (Å²) in [6, 6.07) is 5.56. The van der Waals surface area contributed by atoms with Crippen molar-refractivity contribution < 1.29 is 14.3 Å². The molecule has 3 heterocycles. The molecule has 0 aliphatic carbocycles. The highest BCUT2D eigenvalue weighted by atomic mass is 16.5. The van der Waals surface area contributed by atoms with Gasteiger partial charge in [-0.15, -0.1) is 0 Å². The topological polar surface area (TPSA) is 88.1 Å². The Morgan fingerprint density at radius 1 is 1.32 bits per heavy atom. The molecule has 2 aliphatic rings. The van der Waals surface area contributed by atoms with Crippen LogP contribution in [-0.2, 0) is 14.3 Å². The molecule has 0 saturated carbocycles. The number of aliphatic imine (C=N–C) groups is 1. The molecule has 8 heteroatoms. The van der Waals surface area contributed by atoms with Crippen molar-refractivity contribution in [3.05, 3.63) is 23.9 Å². The molecule has 2 saturated heterocycles. The molecule has 2 fully saturated rings. The predicted octanol–water partition coefficient (Wildman–Crippen LogP) is 1.56. The van der Waals surface area contributed by atoms with Crippen molar-refractivity contribution in [2.45, 2.75) is 45.3 Å². The normalized spacial score (nSPS) is 22.9. The Bertz CT molecular complexity index is 676. The average molecular weight is 390 g/mol. The third kappa shape index (κ3) is 5.90. The maximum absolute atomic E-state index is 12.2. The second-order valence-corrected chi connectivity index (χ2v) is 7.10. The third-order valence-corrected chi connectivity index (χ3v) is 4.86. The van der Waals surface area contributed by atoms with E-state index in [0.717, 1.165) is 50.7 Å². The zero-order valence-electron chi connectivity index (χ0n) is 16.8. The van der Waals surface area contributed by atoms with E-state index >= 15 is 0 Å². The monoisotopic (exact) mass is 389 g/mol. The number of nitrogens with one attached hydrogen (secondary N) is 2. The van der Waals surface area contributed by atoms with E-state index in [0.29, 0.717) is 25.4 Å². The SMILES string of the molecule is CCNC(=NCCC(=O)Nc1cccc(C)n1)N1CCOC(C2CCCO2)C1. The standard InChI is InChI=1S/C20H31N5O3/c1-3-21-20(25-11-13-28-17(14-25)16-7-5-12-27-16)22-10-9-19(26)24-18-8-4-6-15(2)23-18/h4,6,8,16-17H,3,5,7,9-14H2,1-2H3,(H,21,22)(H,23,24,26). The number of ether oxygens (including phenoxy) is 2. The number of aromatic nitrogens is 1. The molecule has 2 N–H and O–H groups in total. The quantitative estimate of drug-likeness (QED) is 0.567. The van der Waals surface area contributed by atoms with Gasteiger partial charge in [-0.1, -0.05) is 6.07 Å². The van der Waals surface area contributed by atoms with Crippen molar-refractivity contribution in [1.29, 1.82) is 0 Å². The highest BCUT2D eigenvalue weighted by Gasteiger charge is 2.32. The van der Waals surface area contributed by atoms with Gasteiger partial charge < -0.3 is 25.0 Å². The second-order valence-electron chi connectivity index (χ2n) is 7.10. The molecule has 2 unspecified atom stereocenters. The van der Waals surface area contributed by atoms with E-state index in [-0.39, 0.29) is 18.1 Å². The summed E-state index contributed by atoms with van der Waals surface area (Å²) in [5, 5.41) is 6.15. The summed E-state index contributed by atoms with van der Waals surface area (Å²) >= 11 is 0. The van der Waals surface area contributed by atoms with Gasteiger partial charge in [0.2, 0.25) is 5.91 Å². The van der Waals surface area contributed by atoms with Gasteiger partial charge in [-0.3, -0.25) is 9.79 Å². The minimum Gasteiger partial charge on any atom is -0.375 e. The lowest BCUT2D eigenvalue weighted by molar-refractivity contribution is -0.116. The second kappa shape index (κ2) is 10.4. The van der Waals surface area contributed by atoms with E-state index < -0.39 is 0 Å². The van der Waals surface area contributed by atoms with Gasteiger partial charge in [0.25, 0.3) is 0 Å². The summed E-state index contributed by atoms with van der Waals surface area (Å²) in [5.74, 6) is 1.32. The van der Waals surface area contributed by atoms with Crippen molar-refractivity contribution in [3.63, 3.8) is 0 Å². The number of morpholine rings is 1. The molecule has 0 bridgehead atoms. The fourth-order valence-electron chi connectivity index (χ4n) is 3.50. The Balaban J connectivity index is 1.52. The van der Waals surface area contributed by atoms with Crippen molar-refractivity contribution in [1.82, 2.24) is 15.2 Å². The number of guanidine groups is 1. The van der Waals surface area contributed by atoms with Crippen LogP contribution in [0.4, 0.5) is 5.82 Å². The first-order chi connectivity index (χ1) is 13.7. The van der Waals surface area contributed by atoms with E-state index in [2.05, 4.69) is 25.5 Å². The number of carbonyl (C=O) groups excluding carboxylic acids is 1. The number of amides is 1. The van der Waals surface area contributed by atoms with Crippen LogP contribution in [0.5, 0.6) is 0 Å². The summed E-state index contributed by atoms with van der Waals surface area (Å²) in [6.07, 6.45) is 2.72. The smallest absolute Gasteiger partial charge is 0.227 e. The highest BCUT2D eigenvalue weighted by molar-refractivity contribution is 5.90. The van der Waals surface area contributed by atoms with Crippen LogP contribution in [0.1, 0.15) is 31.9 Å². The van der Waals surface area contributed by atoms with Crippen LogP contribution in [0, 0.1) is 6.92 Å². The van der Waals surface area contributed by atoms with Crippen LogP contribution >= 0.6 is 0 Å². The van der Waals surface area contributed by atoms with E-state index in [1.807, 2.05) is 26.0 Å². The molecule has 1 aromatic rings. The summed E-state index contributed by atoms with van der Waals surface area (Å²) in [5.41, 5.74) is 0.873. The number of nitrogens with zero attached hydrogens (tertiary/aromatic N) is 3. The van der Waals surface area contributed by atoms with Crippen LogP contribution in [0.2, 0.25) is 0 Å². The molecule has 1 aromatic heterocycles. The average Bonchev–Trinajstić information content (AvgIpc) is 3.22. The van der Waals surface area contributed by atoms with Crippen LogP contribution in [-0.4, -0.2) is 73.4 Å². The molecule has 0 spiro atoms. The Morgan fingerprint density at radius 2 is 2.18 bits per heavy atom. The van der Waals surface area contributed by atoms with E-state index in [1.165, 1.54) is 0 Å². The van der Waals surface area contributed by atoms with E-state index in [9.17, 15) is 4.79 Å². The zero-order valence-corrected chi connectivity index (χ0v) is 16.8. The van der Waals surface area contributed by atoms with Crippen LogP contribution < -0.4 is 10.6 Å². The lowest BCUT2D eigenvalue weighted by atomic mass is 10.1. The molecule has 1 amide bonds. The zero-order chi connectivity index (χ0) is 19.8. The number of pyridine rings is 1. The largest absolute Gasteiger partial charge is 0.375 e. The Morgan fingerprint density at radius 3 is 2.93 bits per heavy atom. The van der Waals surface area contributed by atoms with E-state index in [1.54, 1.807) is 6.07 Å². The molecule has 0 aromatic carbocycles. The van der Waals surface area contributed by atoms with Crippen LogP contribution in [0.15, 0.2) is 23.2 Å². The van der Waals surface area contributed by atoms with Gasteiger partial charge in [0.1, 0.15) is 11.9 Å². The summed E-state index contributed by atoms with van der Waals surface area (Å²) in [6.45, 7) is 8.17. The Kier molecular flexibility index (Phi) is 7.62. The van der Waals surface area contributed by atoms with Crippen LogP contribution in [0.25, 0.3) is 0 Å². The highest BCUT2D eigenvalue weighted by Crippen LogP contribution is 2.21. The first kappa shape index (κ1) is 20.5. The van der Waals surface area contributed by atoms with Crippen molar-refractivity contribution in [2.24, 2.45) is 4.99 Å². The molecule has 154 valence electrons. The van der Waals surface area contributed by atoms with Gasteiger partial charge in [-0.2, -0.15) is 0 Å². The molecule has 2 aliphatic heterocycles. The minimum atomic E-state index is -0.0862. The predicted molar refractivity (Wildman–Crippen MR) is 108 cm³/mol. The van der Waals surface area contributed by atoms with Gasteiger partial charge in [0, 0.05) is 38.4 Å². The first-order valence-corrected chi connectivity index (χ1v) is 10.2. The van der Waals surface area contributed by atoms with Gasteiger partial charge in [0.15, 0.2) is 5.96 Å². The summed E-state index contributed by atoms with van der Waals surface area (Å²) in [7, 11) is 0. The summed E-state index contributed by atoms with van der Waals surface area (Å²) in [4.78, 5) is 23.3. The van der Waals surface area contributed by atoms with Crippen molar-refractivity contribution in [3.8, 4) is 0 Å². The fraction of sp³-hybridized carbons (Fsp3) is 0.650. The van der Waals surface area contributed by atoms with E-state index in [4.69, 9.17) is 9.47 Å². The van der Waals surface area contributed by atoms with Gasteiger partial charge in [-0.05, 0) is 38.8 Å². The number of carbonyl (C=O) groups is 1. The fourth-order valence-corrected chi connectivity index (χ4v) is 3.50. The Labute approximate surface area is 166 Å². The summed E-state index contributed by atoms with van der Waals surface area (Å²) < 4.78 is 11.7. The van der Waals surface area contributed by atoms with Gasteiger partial charge in [-0.25, -0.2) is 4.98 Å². The number of anilines is 1. The number of aryl methyl sites for hydroxylation is 1. The first-order valence-electron chi connectivity index (χ1n) is 10.2. The van der Waals surface area contributed by atoms with Gasteiger partial charge >= 0.3 is 0 Å². The number of rotatable bonds is 6. The molecule has 28 heavy (non-hydrogen) atoms. The molecular weight excluding hydrogens is 358 g/mol. The van der Waals surface area contributed by atoms with Crippen molar-refractivity contribution >= 4 is 17.7 Å². The molecule has 8 nitrogen and oxygen atoms in total. The van der Waals surface area contributed by atoms with Crippen LogP contribution in [0.3, 0.4) is 0 Å². The molecule has 2 atom stereocenters. The lowest BCUT2D eigenvalue weighted by Gasteiger charge is -2.37. The van der Waals surface area contributed by atoms with Gasteiger partial charge in [0.05, 0.1) is 19.3 Å². The number of hydrogen-bond acceptors (Lipinski definition) is 5.